The van der Waals surface area contributed by atoms with Crippen LogP contribution in [-0.2, 0) is 9.47 Å². The Morgan fingerprint density at radius 1 is 1.60 bits per heavy atom. The van der Waals surface area contributed by atoms with Gasteiger partial charge in [0.1, 0.15) is 6.10 Å². The Morgan fingerprint density at radius 2 is 2.35 bits per heavy atom. The molecular weight excluding hydrogens is 260 g/mol. The van der Waals surface area contributed by atoms with Crippen molar-refractivity contribution in [1.29, 1.82) is 0 Å². The zero-order chi connectivity index (χ0) is 14.7. The molecule has 1 saturated heterocycles. The second kappa shape index (κ2) is 6.30. The maximum Gasteiger partial charge on any atom is 0.255 e. The van der Waals surface area contributed by atoms with Crippen LogP contribution >= 0.6 is 0 Å². The van der Waals surface area contributed by atoms with Crippen LogP contribution in [0, 0.1) is 0 Å². The summed E-state index contributed by atoms with van der Waals surface area (Å²) >= 11 is 0. The van der Waals surface area contributed by atoms with Crippen molar-refractivity contribution in [3.8, 4) is 0 Å². The largest absolute Gasteiger partial charge is 0.386 e. The molecule has 0 spiro atoms. The van der Waals surface area contributed by atoms with Crippen LogP contribution < -0.4 is 0 Å². The molecule has 1 aromatic rings. The number of aliphatic hydroxyl groups is 1. The first-order valence-corrected chi connectivity index (χ1v) is 6.58. The summed E-state index contributed by atoms with van der Waals surface area (Å²) in [5, 5.41) is 10.3. The zero-order valence-corrected chi connectivity index (χ0v) is 11.9. The highest BCUT2D eigenvalue weighted by atomic mass is 16.7. The lowest BCUT2D eigenvalue weighted by Gasteiger charge is -2.41. The Kier molecular flexibility index (Phi) is 4.69. The molecule has 2 heterocycles. The molecule has 20 heavy (non-hydrogen) atoms. The highest BCUT2D eigenvalue weighted by Gasteiger charge is 2.40. The molecule has 0 saturated carbocycles. The van der Waals surface area contributed by atoms with Gasteiger partial charge in [0.05, 0.1) is 17.7 Å². The van der Waals surface area contributed by atoms with Crippen LogP contribution in [0.3, 0.4) is 0 Å². The van der Waals surface area contributed by atoms with Crippen LogP contribution in [0.4, 0.5) is 0 Å². The number of pyridine rings is 1. The highest BCUT2D eigenvalue weighted by Crippen LogP contribution is 2.25. The summed E-state index contributed by atoms with van der Waals surface area (Å²) in [4.78, 5) is 17.9. The van der Waals surface area contributed by atoms with Crippen molar-refractivity contribution in [3.05, 3.63) is 30.1 Å². The zero-order valence-electron chi connectivity index (χ0n) is 11.9. The van der Waals surface area contributed by atoms with Crippen molar-refractivity contribution in [2.75, 3.05) is 14.2 Å². The molecule has 0 aliphatic carbocycles. The van der Waals surface area contributed by atoms with E-state index in [4.69, 9.17) is 9.47 Å². The van der Waals surface area contributed by atoms with E-state index in [2.05, 4.69) is 4.98 Å². The van der Waals surface area contributed by atoms with E-state index in [0.29, 0.717) is 12.0 Å². The Bertz CT molecular complexity index is 454. The van der Waals surface area contributed by atoms with Crippen LogP contribution in [0.15, 0.2) is 24.5 Å². The molecule has 110 valence electrons. The first kappa shape index (κ1) is 14.9. The van der Waals surface area contributed by atoms with Gasteiger partial charge in [-0.25, -0.2) is 0 Å². The number of likely N-dealkylation sites (N-methyl/N-ethyl adjacent to an activating group) is 1. The molecule has 0 aromatic carbocycles. The molecule has 0 bridgehead atoms. The average molecular weight is 280 g/mol. The maximum atomic E-state index is 12.4. The minimum Gasteiger partial charge on any atom is -0.386 e. The third kappa shape index (κ3) is 2.98. The number of hydrogen-bond acceptors (Lipinski definition) is 5. The number of nitrogens with zero attached hydrogens (tertiary/aromatic N) is 2. The van der Waals surface area contributed by atoms with E-state index in [0.717, 1.165) is 0 Å². The van der Waals surface area contributed by atoms with E-state index in [9.17, 15) is 9.90 Å². The fraction of sp³-hybridized carbons (Fsp3) is 0.571. The summed E-state index contributed by atoms with van der Waals surface area (Å²) in [6.45, 7) is 1.90. The van der Waals surface area contributed by atoms with Gasteiger partial charge in [-0.05, 0) is 25.5 Å². The number of carbonyl (C=O) groups is 1. The molecule has 1 fully saturated rings. The minimum atomic E-state index is -0.873. The van der Waals surface area contributed by atoms with Crippen molar-refractivity contribution in [2.45, 2.75) is 37.9 Å². The van der Waals surface area contributed by atoms with Gasteiger partial charge < -0.3 is 19.5 Å². The number of methoxy groups -OCH3 is 1. The quantitative estimate of drug-likeness (QED) is 0.881. The third-order valence-electron chi connectivity index (χ3n) is 3.57. The van der Waals surface area contributed by atoms with Crippen molar-refractivity contribution in [1.82, 2.24) is 9.88 Å². The Hall–Kier alpha value is -1.50. The predicted octanol–water partition coefficient (Wildman–Crippen LogP) is 0.664. The first-order chi connectivity index (χ1) is 9.54. The fourth-order valence-corrected chi connectivity index (χ4v) is 2.45. The minimum absolute atomic E-state index is 0.0856. The van der Waals surface area contributed by atoms with Gasteiger partial charge in [0.15, 0.2) is 6.29 Å². The van der Waals surface area contributed by atoms with Crippen molar-refractivity contribution in [2.24, 2.45) is 0 Å². The van der Waals surface area contributed by atoms with E-state index >= 15 is 0 Å². The van der Waals surface area contributed by atoms with Crippen LogP contribution in [-0.4, -0.2) is 59.6 Å². The van der Waals surface area contributed by atoms with Crippen molar-refractivity contribution >= 4 is 5.91 Å². The molecule has 1 aliphatic rings. The van der Waals surface area contributed by atoms with Crippen LogP contribution in [0.1, 0.15) is 23.7 Å². The third-order valence-corrected chi connectivity index (χ3v) is 3.57. The normalized spacial score (nSPS) is 30.0. The second-order valence-corrected chi connectivity index (χ2v) is 5.00. The maximum absolute atomic E-state index is 12.4. The average Bonchev–Trinajstić information content (AvgIpc) is 2.48. The summed E-state index contributed by atoms with van der Waals surface area (Å²) in [5.41, 5.74) is 0.496. The molecule has 1 unspecified atom stereocenters. The lowest BCUT2D eigenvalue weighted by molar-refractivity contribution is -0.240. The van der Waals surface area contributed by atoms with Gasteiger partial charge in [0.2, 0.25) is 0 Å². The summed E-state index contributed by atoms with van der Waals surface area (Å²) in [6, 6.07) is 3.06. The topological polar surface area (TPSA) is 71.9 Å². The van der Waals surface area contributed by atoms with Gasteiger partial charge in [-0.3, -0.25) is 9.78 Å². The molecular formula is C14H20N2O4. The Morgan fingerprint density at radius 3 is 2.95 bits per heavy atom. The highest BCUT2D eigenvalue weighted by molar-refractivity contribution is 5.93. The smallest absolute Gasteiger partial charge is 0.255 e. The van der Waals surface area contributed by atoms with Gasteiger partial charge in [0.25, 0.3) is 5.91 Å². The molecule has 1 aromatic heterocycles. The lowest BCUT2D eigenvalue weighted by atomic mass is 9.98. The molecule has 1 amide bonds. The molecule has 0 radical (unpaired) electrons. The number of amides is 1. The van der Waals surface area contributed by atoms with Crippen LogP contribution in [0.2, 0.25) is 0 Å². The number of carbonyl (C=O) groups excluding carboxylic acids is 1. The van der Waals surface area contributed by atoms with E-state index in [1.807, 2.05) is 6.92 Å². The number of ether oxygens (including phenoxy) is 2. The van der Waals surface area contributed by atoms with Crippen molar-refractivity contribution in [3.63, 3.8) is 0 Å². The van der Waals surface area contributed by atoms with Gasteiger partial charge in [-0.2, -0.15) is 0 Å². The van der Waals surface area contributed by atoms with E-state index < -0.39 is 12.4 Å². The van der Waals surface area contributed by atoms with E-state index in [1.54, 1.807) is 25.4 Å². The number of aliphatic hydroxyl groups excluding tert-OH is 1. The molecule has 1 N–H and O–H groups in total. The van der Waals surface area contributed by atoms with Gasteiger partial charge in [-0.1, -0.05) is 0 Å². The fourth-order valence-electron chi connectivity index (χ4n) is 2.45. The Balaban J connectivity index is 2.15. The second-order valence-electron chi connectivity index (χ2n) is 5.00. The lowest BCUT2D eigenvalue weighted by Crippen LogP contribution is -2.56. The standard InChI is InChI=1S/C14H20N2O4/c1-9-7-11(12(17)14(19-3)20-9)16(2)13(18)10-5-4-6-15-8-10/h4-6,8-9,11-12,14,17H,7H2,1-3H3/t9-,11+,12-,14?/m1/s1. The molecule has 6 nitrogen and oxygen atoms in total. The predicted molar refractivity (Wildman–Crippen MR) is 72.1 cm³/mol. The first-order valence-electron chi connectivity index (χ1n) is 6.58. The summed E-state index contributed by atoms with van der Waals surface area (Å²) in [6.07, 6.45) is 2.02. The van der Waals surface area contributed by atoms with Crippen LogP contribution in [0.25, 0.3) is 0 Å². The molecule has 4 atom stereocenters. The molecule has 6 heteroatoms. The number of aromatic nitrogens is 1. The summed E-state index contributed by atoms with van der Waals surface area (Å²) in [5.74, 6) is -0.175. The van der Waals surface area contributed by atoms with Crippen LogP contribution in [0.5, 0.6) is 0 Å². The number of rotatable bonds is 3. The Labute approximate surface area is 118 Å². The van der Waals surface area contributed by atoms with Crippen molar-refractivity contribution < 1.29 is 19.4 Å². The monoisotopic (exact) mass is 280 g/mol. The van der Waals surface area contributed by atoms with Gasteiger partial charge >= 0.3 is 0 Å². The van der Waals surface area contributed by atoms with Gasteiger partial charge in [0, 0.05) is 26.6 Å². The SMILES string of the molecule is COC1O[C@H](C)C[C@H](N(C)C(=O)c2cccnc2)[C@H]1O. The van der Waals surface area contributed by atoms with E-state index in [1.165, 1.54) is 18.2 Å². The van der Waals surface area contributed by atoms with Gasteiger partial charge in [-0.15, -0.1) is 0 Å². The summed E-state index contributed by atoms with van der Waals surface area (Å²) < 4.78 is 10.6. The summed E-state index contributed by atoms with van der Waals surface area (Å²) in [7, 11) is 3.15. The van der Waals surface area contributed by atoms with E-state index in [-0.39, 0.29) is 18.1 Å². The molecule has 2 rings (SSSR count). The molecule has 1 aliphatic heterocycles. The number of hydrogen-bond donors (Lipinski definition) is 1.